The number of aliphatic imine (C=N–C) groups is 1. The van der Waals surface area contributed by atoms with Crippen molar-refractivity contribution in [3.05, 3.63) is 35.4 Å². The SMILES string of the molecule is CCNC(=NCC1CCCOC1c1ccc(C)cc1)NCCS(N)(=O)=O. The van der Waals surface area contributed by atoms with Crippen molar-refractivity contribution < 1.29 is 13.2 Å². The lowest BCUT2D eigenvalue weighted by molar-refractivity contribution is -0.0250. The van der Waals surface area contributed by atoms with Crippen LogP contribution in [0, 0.1) is 12.8 Å². The molecule has 0 saturated carbocycles. The molecule has 26 heavy (non-hydrogen) atoms. The molecule has 0 bridgehead atoms. The fourth-order valence-electron chi connectivity index (χ4n) is 3.02. The van der Waals surface area contributed by atoms with Crippen molar-refractivity contribution in [2.75, 3.05) is 32.0 Å². The summed E-state index contributed by atoms with van der Waals surface area (Å²) >= 11 is 0. The molecular formula is C18H30N4O3S. The molecule has 2 atom stereocenters. The maximum Gasteiger partial charge on any atom is 0.210 e. The summed E-state index contributed by atoms with van der Waals surface area (Å²) in [4.78, 5) is 4.63. The van der Waals surface area contributed by atoms with E-state index in [1.807, 2.05) is 6.92 Å². The summed E-state index contributed by atoms with van der Waals surface area (Å²) in [7, 11) is -3.48. The zero-order valence-corrected chi connectivity index (χ0v) is 16.4. The Morgan fingerprint density at radius 3 is 2.69 bits per heavy atom. The molecule has 0 aromatic heterocycles. The van der Waals surface area contributed by atoms with Gasteiger partial charge in [0, 0.05) is 32.2 Å². The second-order valence-electron chi connectivity index (χ2n) is 6.62. The van der Waals surface area contributed by atoms with Gasteiger partial charge in [-0.3, -0.25) is 4.99 Å². The summed E-state index contributed by atoms with van der Waals surface area (Å²) in [6.07, 6.45) is 2.12. The Kier molecular flexibility index (Phi) is 7.86. The van der Waals surface area contributed by atoms with Crippen LogP contribution in [0.25, 0.3) is 0 Å². The van der Waals surface area contributed by atoms with Crippen LogP contribution in [0.1, 0.15) is 37.0 Å². The van der Waals surface area contributed by atoms with Gasteiger partial charge in [0.05, 0.1) is 11.9 Å². The normalized spacial score (nSPS) is 21.4. The van der Waals surface area contributed by atoms with Crippen LogP contribution < -0.4 is 15.8 Å². The van der Waals surface area contributed by atoms with Crippen LogP contribution in [0.2, 0.25) is 0 Å². The van der Waals surface area contributed by atoms with Crippen LogP contribution in [0.4, 0.5) is 0 Å². The molecule has 0 aliphatic carbocycles. The smallest absolute Gasteiger partial charge is 0.210 e. The predicted octanol–water partition coefficient (Wildman–Crippen LogP) is 1.31. The highest BCUT2D eigenvalue weighted by atomic mass is 32.2. The molecule has 2 unspecified atom stereocenters. The molecule has 1 heterocycles. The minimum atomic E-state index is -3.48. The van der Waals surface area contributed by atoms with Gasteiger partial charge in [0.15, 0.2) is 5.96 Å². The number of aryl methyl sites for hydroxylation is 1. The van der Waals surface area contributed by atoms with E-state index in [1.165, 1.54) is 11.1 Å². The third-order valence-electron chi connectivity index (χ3n) is 4.36. The summed E-state index contributed by atoms with van der Waals surface area (Å²) in [5, 5.41) is 11.2. The zero-order chi connectivity index (χ0) is 19.0. The molecule has 1 aromatic rings. The monoisotopic (exact) mass is 382 g/mol. The second kappa shape index (κ2) is 9.89. The van der Waals surface area contributed by atoms with Crippen LogP contribution in [0.5, 0.6) is 0 Å². The molecule has 0 amide bonds. The summed E-state index contributed by atoms with van der Waals surface area (Å²) < 4.78 is 28.1. The van der Waals surface area contributed by atoms with Crippen LogP contribution in [-0.2, 0) is 14.8 Å². The fraction of sp³-hybridized carbons (Fsp3) is 0.611. The van der Waals surface area contributed by atoms with Crippen LogP contribution in [-0.4, -0.2) is 46.4 Å². The Hall–Kier alpha value is -1.64. The molecule has 1 aliphatic rings. The van der Waals surface area contributed by atoms with Crippen LogP contribution >= 0.6 is 0 Å². The molecule has 4 N–H and O–H groups in total. The zero-order valence-electron chi connectivity index (χ0n) is 15.6. The summed E-state index contributed by atoms with van der Waals surface area (Å²) in [5.74, 6) is 0.764. The van der Waals surface area contributed by atoms with Crippen molar-refractivity contribution in [2.24, 2.45) is 16.0 Å². The van der Waals surface area contributed by atoms with Gasteiger partial charge in [-0.2, -0.15) is 0 Å². The lowest BCUT2D eigenvalue weighted by Gasteiger charge is -2.31. The van der Waals surface area contributed by atoms with E-state index in [-0.39, 0.29) is 18.4 Å². The summed E-state index contributed by atoms with van der Waals surface area (Å²) in [6.45, 7) is 6.35. The van der Waals surface area contributed by atoms with Crippen molar-refractivity contribution in [1.82, 2.24) is 10.6 Å². The number of hydrogen-bond donors (Lipinski definition) is 3. The lowest BCUT2D eigenvalue weighted by atomic mass is 9.89. The predicted molar refractivity (Wildman–Crippen MR) is 105 cm³/mol. The largest absolute Gasteiger partial charge is 0.373 e. The molecule has 1 saturated heterocycles. The van der Waals surface area contributed by atoms with Gasteiger partial charge in [-0.25, -0.2) is 13.6 Å². The average Bonchev–Trinajstić information content (AvgIpc) is 2.60. The Morgan fingerprint density at radius 2 is 2.04 bits per heavy atom. The molecule has 8 heteroatoms. The van der Waals surface area contributed by atoms with Gasteiger partial charge in [-0.1, -0.05) is 29.8 Å². The van der Waals surface area contributed by atoms with E-state index in [0.29, 0.717) is 25.0 Å². The van der Waals surface area contributed by atoms with E-state index in [2.05, 4.69) is 46.8 Å². The van der Waals surface area contributed by atoms with E-state index in [1.54, 1.807) is 0 Å². The first-order chi connectivity index (χ1) is 12.4. The first-order valence-corrected chi connectivity index (χ1v) is 10.8. The van der Waals surface area contributed by atoms with Crippen molar-refractivity contribution in [3.63, 3.8) is 0 Å². The van der Waals surface area contributed by atoms with E-state index in [0.717, 1.165) is 19.4 Å². The number of nitrogens with one attached hydrogen (secondary N) is 2. The van der Waals surface area contributed by atoms with Crippen molar-refractivity contribution in [3.8, 4) is 0 Å². The van der Waals surface area contributed by atoms with E-state index < -0.39 is 10.0 Å². The number of nitrogens with two attached hydrogens (primary N) is 1. The van der Waals surface area contributed by atoms with Crippen molar-refractivity contribution in [1.29, 1.82) is 0 Å². The number of sulfonamides is 1. The molecule has 0 radical (unpaired) electrons. The molecule has 1 aromatic carbocycles. The number of hydrogen-bond acceptors (Lipinski definition) is 4. The fourth-order valence-corrected chi connectivity index (χ4v) is 3.40. The standard InChI is InChI=1S/C18H30N4O3S/c1-3-20-18(21-10-12-26(19,23)24)22-13-16-5-4-11-25-17(16)15-8-6-14(2)7-9-15/h6-9,16-17H,3-5,10-13H2,1-2H3,(H2,19,23,24)(H2,20,21,22). The van der Waals surface area contributed by atoms with Gasteiger partial charge in [-0.05, 0) is 32.3 Å². The molecular weight excluding hydrogens is 352 g/mol. The first kappa shape index (κ1) is 20.7. The topological polar surface area (TPSA) is 106 Å². The lowest BCUT2D eigenvalue weighted by Crippen LogP contribution is -2.41. The molecule has 1 fully saturated rings. The van der Waals surface area contributed by atoms with Crippen molar-refractivity contribution >= 4 is 16.0 Å². The Morgan fingerprint density at radius 1 is 1.31 bits per heavy atom. The Bertz CT molecular complexity index is 689. The third-order valence-corrected chi connectivity index (χ3v) is 5.13. The van der Waals surface area contributed by atoms with E-state index >= 15 is 0 Å². The van der Waals surface area contributed by atoms with Gasteiger partial charge in [0.1, 0.15) is 0 Å². The Balaban J connectivity index is 2.01. The van der Waals surface area contributed by atoms with Gasteiger partial charge in [0.25, 0.3) is 0 Å². The molecule has 7 nitrogen and oxygen atoms in total. The van der Waals surface area contributed by atoms with E-state index in [4.69, 9.17) is 9.88 Å². The maximum atomic E-state index is 11.1. The highest BCUT2D eigenvalue weighted by Gasteiger charge is 2.27. The van der Waals surface area contributed by atoms with E-state index in [9.17, 15) is 8.42 Å². The number of benzene rings is 1. The quantitative estimate of drug-likeness (QED) is 0.487. The summed E-state index contributed by atoms with van der Waals surface area (Å²) in [6, 6.07) is 8.45. The minimum absolute atomic E-state index is 0.0420. The Labute approximate surface area is 156 Å². The highest BCUT2D eigenvalue weighted by Crippen LogP contribution is 2.33. The molecule has 1 aliphatic heterocycles. The molecule has 0 spiro atoms. The second-order valence-corrected chi connectivity index (χ2v) is 8.35. The number of primary sulfonamides is 1. The number of ether oxygens (including phenoxy) is 1. The van der Waals surface area contributed by atoms with Crippen LogP contribution in [0.3, 0.4) is 0 Å². The maximum absolute atomic E-state index is 11.1. The number of nitrogens with zero attached hydrogens (tertiary/aromatic N) is 1. The molecule has 2 rings (SSSR count). The number of guanidine groups is 1. The average molecular weight is 383 g/mol. The highest BCUT2D eigenvalue weighted by molar-refractivity contribution is 7.89. The van der Waals surface area contributed by atoms with Gasteiger partial charge in [0.2, 0.25) is 10.0 Å². The third kappa shape index (κ3) is 6.93. The molecule has 146 valence electrons. The van der Waals surface area contributed by atoms with Gasteiger partial charge in [-0.15, -0.1) is 0 Å². The first-order valence-electron chi connectivity index (χ1n) is 9.10. The number of rotatable bonds is 7. The van der Waals surface area contributed by atoms with Gasteiger partial charge < -0.3 is 15.4 Å². The van der Waals surface area contributed by atoms with Gasteiger partial charge >= 0.3 is 0 Å². The minimum Gasteiger partial charge on any atom is -0.373 e. The van der Waals surface area contributed by atoms with Crippen LogP contribution in [0.15, 0.2) is 29.3 Å². The summed E-state index contributed by atoms with van der Waals surface area (Å²) in [5.41, 5.74) is 2.41. The van der Waals surface area contributed by atoms with Crippen molar-refractivity contribution in [2.45, 2.75) is 32.8 Å².